The Balaban J connectivity index is 1.41. The van der Waals surface area contributed by atoms with Gasteiger partial charge in [0.15, 0.2) is 11.6 Å². The van der Waals surface area contributed by atoms with Crippen LogP contribution in [-0.4, -0.2) is 53.2 Å². The third-order valence-electron chi connectivity index (χ3n) is 6.45. The van der Waals surface area contributed by atoms with Gasteiger partial charge < -0.3 is 20.1 Å². The van der Waals surface area contributed by atoms with Gasteiger partial charge >= 0.3 is 0 Å². The Hall–Kier alpha value is -4.05. The number of halogens is 2. The van der Waals surface area contributed by atoms with Gasteiger partial charge in [-0.2, -0.15) is 5.10 Å². The number of hydrogen-bond donors (Lipinski definition) is 2. The normalized spacial score (nSPS) is 18.4. The molecule has 1 fully saturated rings. The van der Waals surface area contributed by atoms with E-state index in [0.717, 1.165) is 10.8 Å². The molecule has 0 aliphatic carbocycles. The van der Waals surface area contributed by atoms with E-state index < -0.39 is 18.0 Å². The molecule has 0 bridgehead atoms. The predicted molar refractivity (Wildman–Crippen MR) is 135 cm³/mol. The van der Waals surface area contributed by atoms with Gasteiger partial charge in [-0.3, -0.25) is 9.48 Å². The van der Waals surface area contributed by atoms with Gasteiger partial charge in [-0.05, 0) is 47.7 Å². The second-order valence-corrected chi connectivity index (χ2v) is 9.01. The molecule has 192 valence electrons. The second kappa shape index (κ2) is 10.5. The van der Waals surface area contributed by atoms with Gasteiger partial charge in [0.1, 0.15) is 12.0 Å². The number of alkyl halides is 1. The molecule has 2 N–H and O–H groups in total. The monoisotopic (exact) mass is 507 g/mol. The number of carbonyl (C=O) groups excluding carboxylic acids is 1. The number of aromatic nitrogens is 3. The molecule has 1 amide bonds. The minimum atomic E-state index is -1.12. The van der Waals surface area contributed by atoms with Crippen molar-refractivity contribution in [2.45, 2.75) is 24.7 Å². The largest absolute Gasteiger partial charge is 0.494 e. The minimum Gasteiger partial charge on any atom is -0.494 e. The number of amides is 1. The summed E-state index contributed by atoms with van der Waals surface area (Å²) >= 11 is 0. The highest BCUT2D eigenvalue weighted by Crippen LogP contribution is 2.27. The van der Waals surface area contributed by atoms with Crippen LogP contribution in [0.4, 0.5) is 14.6 Å². The van der Waals surface area contributed by atoms with Crippen LogP contribution in [0.1, 0.15) is 33.9 Å². The third kappa shape index (κ3) is 5.39. The molecule has 0 spiro atoms. The van der Waals surface area contributed by atoms with Crippen molar-refractivity contribution in [2.24, 2.45) is 7.05 Å². The maximum Gasteiger partial charge on any atom is 0.252 e. The number of methoxy groups -OCH3 is 1. The fraction of sp³-hybridized carbons (Fsp3) is 0.296. The zero-order chi connectivity index (χ0) is 25.9. The van der Waals surface area contributed by atoms with E-state index in [4.69, 9.17) is 9.47 Å². The first kappa shape index (κ1) is 24.6. The molecule has 3 unspecified atom stereocenters. The first-order valence-corrected chi connectivity index (χ1v) is 11.9. The summed E-state index contributed by atoms with van der Waals surface area (Å²) in [5, 5.41) is 12.0. The molecule has 2 aromatic heterocycles. The Morgan fingerprint density at radius 2 is 2.03 bits per heavy atom. The topological polar surface area (TPSA) is 90.3 Å². The summed E-state index contributed by atoms with van der Waals surface area (Å²) in [6, 6.07) is 10.6. The molecule has 3 heterocycles. The van der Waals surface area contributed by atoms with Gasteiger partial charge in [0, 0.05) is 42.6 Å². The molecular weight excluding hydrogens is 480 g/mol. The van der Waals surface area contributed by atoms with Crippen LogP contribution in [-0.2, 0) is 11.8 Å². The van der Waals surface area contributed by atoms with E-state index in [1.54, 1.807) is 60.7 Å². The zero-order valence-corrected chi connectivity index (χ0v) is 20.4. The average molecular weight is 508 g/mol. The summed E-state index contributed by atoms with van der Waals surface area (Å²) in [7, 11) is 3.17. The summed E-state index contributed by atoms with van der Waals surface area (Å²) in [6.45, 7) is 0.554. The lowest BCUT2D eigenvalue weighted by Gasteiger charge is -2.27. The van der Waals surface area contributed by atoms with Crippen molar-refractivity contribution < 1.29 is 23.0 Å². The maximum atomic E-state index is 14.5. The van der Waals surface area contributed by atoms with Crippen LogP contribution in [0.25, 0.3) is 10.8 Å². The lowest BCUT2D eigenvalue weighted by Crippen LogP contribution is -2.39. The van der Waals surface area contributed by atoms with Crippen molar-refractivity contribution in [1.82, 2.24) is 20.1 Å². The van der Waals surface area contributed by atoms with Crippen LogP contribution >= 0.6 is 0 Å². The Morgan fingerprint density at radius 1 is 1.16 bits per heavy atom. The number of fused-ring (bicyclic) bond motifs is 1. The van der Waals surface area contributed by atoms with Gasteiger partial charge in [0.2, 0.25) is 0 Å². The molecule has 2 aromatic carbocycles. The van der Waals surface area contributed by atoms with Crippen LogP contribution in [0.5, 0.6) is 5.75 Å². The zero-order valence-electron chi connectivity index (χ0n) is 20.4. The number of carbonyl (C=O) groups is 1. The lowest BCUT2D eigenvalue weighted by atomic mass is 10.00. The number of anilines is 1. The number of hydrogen-bond acceptors (Lipinski definition) is 6. The average Bonchev–Trinajstić information content (AvgIpc) is 3.33. The number of aryl methyl sites for hydroxylation is 1. The molecule has 1 saturated heterocycles. The van der Waals surface area contributed by atoms with E-state index in [2.05, 4.69) is 20.7 Å². The molecule has 4 aromatic rings. The SMILES string of the molecule is COc1ccc(C(NC(=O)c2ccc3cnc(NC4CCOCC4F)cc3c2)c2cnn(C)c2)cc1F. The van der Waals surface area contributed by atoms with E-state index in [-0.39, 0.29) is 24.3 Å². The van der Waals surface area contributed by atoms with Gasteiger partial charge in [-0.25, -0.2) is 13.8 Å². The Morgan fingerprint density at radius 3 is 2.76 bits per heavy atom. The summed E-state index contributed by atoms with van der Waals surface area (Å²) < 4.78 is 40.5. The summed E-state index contributed by atoms with van der Waals surface area (Å²) in [5.41, 5.74) is 1.67. The molecule has 10 heteroatoms. The van der Waals surface area contributed by atoms with E-state index >= 15 is 0 Å². The van der Waals surface area contributed by atoms with Crippen molar-refractivity contribution in [3.63, 3.8) is 0 Å². The first-order chi connectivity index (χ1) is 17.9. The predicted octanol–water partition coefficient (Wildman–Crippen LogP) is 4.17. The van der Waals surface area contributed by atoms with Gasteiger partial charge in [0.25, 0.3) is 5.91 Å². The van der Waals surface area contributed by atoms with Crippen molar-refractivity contribution >= 4 is 22.5 Å². The third-order valence-corrected chi connectivity index (χ3v) is 6.45. The van der Waals surface area contributed by atoms with Gasteiger partial charge in [0.05, 0.1) is 32.0 Å². The van der Waals surface area contributed by atoms with Crippen molar-refractivity contribution in [1.29, 1.82) is 0 Å². The summed E-state index contributed by atoms with van der Waals surface area (Å²) in [4.78, 5) is 17.7. The smallest absolute Gasteiger partial charge is 0.252 e. The highest BCUT2D eigenvalue weighted by Gasteiger charge is 2.26. The van der Waals surface area contributed by atoms with Crippen LogP contribution in [0.2, 0.25) is 0 Å². The highest BCUT2D eigenvalue weighted by atomic mass is 19.1. The van der Waals surface area contributed by atoms with Gasteiger partial charge in [-0.1, -0.05) is 12.1 Å². The fourth-order valence-electron chi connectivity index (χ4n) is 4.44. The standard InChI is InChI=1S/C27H27F2N5O3/c1-34-14-20(13-31-34)26(16-5-6-24(36-2)21(28)10-16)33-27(35)17-3-4-18-12-30-25(11-19(18)9-17)32-23-7-8-37-15-22(23)29/h3-6,9-14,22-23,26H,7-8,15H2,1-2H3,(H,30,32)(H,33,35). The molecule has 1 aliphatic heterocycles. The van der Waals surface area contributed by atoms with Crippen molar-refractivity contribution in [2.75, 3.05) is 25.6 Å². The van der Waals surface area contributed by atoms with Gasteiger partial charge in [-0.15, -0.1) is 0 Å². The molecular formula is C27H27F2N5O3. The second-order valence-electron chi connectivity index (χ2n) is 9.01. The van der Waals surface area contributed by atoms with E-state index in [1.165, 1.54) is 19.2 Å². The summed E-state index contributed by atoms with van der Waals surface area (Å²) in [6.07, 6.45) is 4.52. The molecule has 0 radical (unpaired) electrons. The van der Waals surface area contributed by atoms with E-state index in [9.17, 15) is 13.6 Å². The first-order valence-electron chi connectivity index (χ1n) is 11.9. The molecule has 1 aliphatic rings. The number of nitrogens with one attached hydrogen (secondary N) is 2. The number of rotatable bonds is 7. The van der Waals surface area contributed by atoms with Crippen molar-refractivity contribution in [3.05, 3.63) is 83.6 Å². The number of benzene rings is 2. The number of ether oxygens (including phenoxy) is 2. The molecule has 8 nitrogen and oxygen atoms in total. The number of pyridine rings is 1. The Labute approximate surface area is 212 Å². The van der Waals surface area contributed by atoms with E-state index in [1.807, 2.05) is 0 Å². The van der Waals surface area contributed by atoms with Crippen LogP contribution in [0, 0.1) is 5.82 Å². The maximum absolute atomic E-state index is 14.5. The summed E-state index contributed by atoms with van der Waals surface area (Å²) in [5.74, 6) is -0.220. The number of nitrogens with zero attached hydrogens (tertiary/aromatic N) is 3. The van der Waals surface area contributed by atoms with Crippen LogP contribution in [0.3, 0.4) is 0 Å². The molecule has 37 heavy (non-hydrogen) atoms. The molecule has 0 saturated carbocycles. The van der Waals surface area contributed by atoms with Crippen LogP contribution in [0.15, 0.2) is 61.1 Å². The molecule has 3 atom stereocenters. The molecule has 5 rings (SSSR count). The fourth-order valence-corrected chi connectivity index (χ4v) is 4.44. The minimum absolute atomic E-state index is 0.0613. The van der Waals surface area contributed by atoms with E-state index in [0.29, 0.717) is 35.5 Å². The Bertz CT molecular complexity index is 1430. The Kier molecular flexibility index (Phi) is 7.00. The van der Waals surface area contributed by atoms with Crippen molar-refractivity contribution in [3.8, 4) is 5.75 Å². The van der Waals surface area contributed by atoms with Crippen LogP contribution < -0.4 is 15.4 Å². The highest BCUT2D eigenvalue weighted by molar-refractivity contribution is 5.99. The lowest BCUT2D eigenvalue weighted by molar-refractivity contribution is 0.0285. The quantitative estimate of drug-likeness (QED) is 0.390.